The number of amides is 2. The number of piperidine rings is 1. The highest BCUT2D eigenvalue weighted by Gasteiger charge is 2.41. The summed E-state index contributed by atoms with van der Waals surface area (Å²) in [5, 5.41) is 6.92. The molecule has 1 N–H and O–H groups in total. The summed E-state index contributed by atoms with van der Waals surface area (Å²) in [6, 6.07) is 9.07. The summed E-state index contributed by atoms with van der Waals surface area (Å²) < 4.78 is 11.6. The predicted octanol–water partition coefficient (Wildman–Crippen LogP) is 2.35. The molecule has 5 rings (SSSR count). The van der Waals surface area contributed by atoms with Crippen LogP contribution < -0.4 is 10.1 Å². The third-order valence-electron chi connectivity index (χ3n) is 5.72. The van der Waals surface area contributed by atoms with E-state index >= 15 is 0 Å². The molecule has 140 valence electrons. The van der Waals surface area contributed by atoms with Crippen molar-refractivity contribution in [2.45, 2.75) is 37.2 Å². The van der Waals surface area contributed by atoms with E-state index in [-0.39, 0.29) is 11.8 Å². The second kappa shape index (κ2) is 6.11. The molecule has 0 atom stereocenters. The lowest BCUT2D eigenvalue weighted by molar-refractivity contribution is 0.00740. The van der Waals surface area contributed by atoms with Gasteiger partial charge in [0.05, 0.1) is 12.1 Å². The largest absolute Gasteiger partial charge is 0.484 e. The molecule has 2 fully saturated rings. The van der Waals surface area contributed by atoms with Gasteiger partial charge in [-0.25, -0.2) is 0 Å². The van der Waals surface area contributed by atoms with Crippen molar-refractivity contribution in [2.75, 3.05) is 19.6 Å². The minimum atomic E-state index is -0.484. The smallest absolute Gasteiger partial charge is 0.276 e. The highest BCUT2D eigenvalue weighted by Crippen LogP contribution is 2.40. The van der Waals surface area contributed by atoms with E-state index in [9.17, 15) is 9.59 Å². The van der Waals surface area contributed by atoms with E-state index < -0.39 is 5.60 Å². The molecule has 1 aromatic heterocycles. The second-order valence-corrected chi connectivity index (χ2v) is 7.64. The molecule has 1 aromatic carbocycles. The van der Waals surface area contributed by atoms with Crippen molar-refractivity contribution in [1.29, 1.82) is 0 Å². The Morgan fingerprint density at radius 2 is 2.00 bits per heavy atom. The summed E-state index contributed by atoms with van der Waals surface area (Å²) in [5.41, 5.74) is 0.457. The number of carbonyl (C=O) groups excluding carboxylic acids is 2. The summed E-state index contributed by atoms with van der Waals surface area (Å²) in [5.74, 6) is 1.65. The van der Waals surface area contributed by atoms with Gasteiger partial charge in [0.1, 0.15) is 17.1 Å². The molecule has 7 nitrogen and oxygen atoms in total. The summed E-state index contributed by atoms with van der Waals surface area (Å²) in [7, 11) is 0. The molecule has 0 radical (unpaired) electrons. The Kier molecular flexibility index (Phi) is 3.70. The first-order valence-electron chi connectivity index (χ1n) is 9.46. The lowest BCUT2D eigenvalue weighted by Gasteiger charge is -2.40. The number of nitrogens with one attached hydrogen (secondary N) is 1. The van der Waals surface area contributed by atoms with Crippen molar-refractivity contribution in [3.05, 3.63) is 47.3 Å². The summed E-state index contributed by atoms with van der Waals surface area (Å²) in [4.78, 5) is 26.8. The summed E-state index contributed by atoms with van der Waals surface area (Å²) >= 11 is 0. The summed E-state index contributed by atoms with van der Waals surface area (Å²) in [6.45, 7) is 1.56. The van der Waals surface area contributed by atoms with Gasteiger partial charge in [0.25, 0.3) is 11.8 Å². The van der Waals surface area contributed by atoms with Crippen molar-refractivity contribution in [2.24, 2.45) is 0 Å². The molecule has 1 spiro atoms. The number of fused-ring (bicyclic) bond motifs is 1. The molecule has 2 aliphatic heterocycles. The van der Waals surface area contributed by atoms with Crippen molar-refractivity contribution >= 4 is 11.8 Å². The van der Waals surface area contributed by atoms with Crippen molar-refractivity contribution in [1.82, 2.24) is 15.4 Å². The maximum atomic E-state index is 12.7. The van der Waals surface area contributed by atoms with Gasteiger partial charge in [-0.15, -0.1) is 0 Å². The fourth-order valence-electron chi connectivity index (χ4n) is 3.86. The number of rotatable bonds is 2. The number of ether oxygens (including phenoxy) is 1. The van der Waals surface area contributed by atoms with Crippen LogP contribution in [0.15, 0.2) is 34.9 Å². The fraction of sp³-hybridized carbons (Fsp3) is 0.450. The standard InChI is InChI=1S/C20H21N3O4/c24-18-14-3-1-2-4-16(14)26-20(12-21-18)7-9-23(10-8-20)19(25)15-11-17(27-22-15)13-5-6-13/h1-4,11,13H,5-10,12H2,(H,21,24). The first-order valence-corrected chi connectivity index (χ1v) is 9.46. The van der Waals surface area contributed by atoms with Crippen molar-refractivity contribution < 1.29 is 18.8 Å². The Morgan fingerprint density at radius 1 is 1.22 bits per heavy atom. The Hall–Kier alpha value is -2.83. The van der Waals surface area contributed by atoms with E-state index in [0.29, 0.717) is 55.4 Å². The number of hydrogen-bond acceptors (Lipinski definition) is 5. The first kappa shape index (κ1) is 16.4. The Bertz CT molecular complexity index is 894. The maximum Gasteiger partial charge on any atom is 0.276 e. The summed E-state index contributed by atoms with van der Waals surface area (Å²) in [6.07, 6.45) is 3.53. The minimum Gasteiger partial charge on any atom is -0.484 e. The van der Waals surface area contributed by atoms with Gasteiger partial charge in [0.2, 0.25) is 0 Å². The zero-order valence-corrected chi connectivity index (χ0v) is 14.9. The molecule has 3 aliphatic rings. The zero-order chi connectivity index (χ0) is 18.4. The van der Waals surface area contributed by atoms with Crippen LogP contribution in [0.1, 0.15) is 58.2 Å². The highest BCUT2D eigenvalue weighted by molar-refractivity contribution is 5.97. The average molecular weight is 367 g/mol. The molecule has 1 saturated carbocycles. The molecule has 7 heteroatoms. The Balaban J connectivity index is 1.29. The van der Waals surface area contributed by atoms with Crippen LogP contribution in [0.25, 0.3) is 0 Å². The van der Waals surface area contributed by atoms with Gasteiger partial charge in [-0.1, -0.05) is 17.3 Å². The number of aromatic nitrogens is 1. The lowest BCUT2D eigenvalue weighted by Crippen LogP contribution is -2.54. The Morgan fingerprint density at radius 3 is 2.78 bits per heavy atom. The maximum absolute atomic E-state index is 12.7. The van der Waals surface area contributed by atoms with Gasteiger partial charge in [-0.2, -0.15) is 0 Å². The van der Waals surface area contributed by atoms with E-state index in [1.807, 2.05) is 18.2 Å². The van der Waals surface area contributed by atoms with E-state index in [2.05, 4.69) is 10.5 Å². The second-order valence-electron chi connectivity index (χ2n) is 7.64. The van der Waals surface area contributed by atoms with Crippen LogP contribution in [0, 0.1) is 0 Å². The van der Waals surface area contributed by atoms with Gasteiger partial charge < -0.3 is 19.5 Å². The van der Waals surface area contributed by atoms with Gasteiger partial charge in [0, 0.05) is 37.9 Å². The predicted molar refractivity (Wildman–Crippen MR) is 95.7 cm³/mol. The molecule has 2 amide bonds. The van der Waals surface area contributed by atoms with Crippen LogP contribution in [0.2, 0.25) is 0 Å². The van der Waals surface area contributed by atoms with Crippen LogP contribution in [0.4, 0.5) is 0 Å². The SMILES string of the molecule is O=C1NCC2(CCN(C(=O)c3cc(C4CC4)on3)CC2)Oc2ccccc21. The average Bonchev–Trinajstić information content (AvgIpc) is 3.45. The van der Waals surface area contributed by atoms with Crippen LogP contribution in [0.3, 0.4) is 0 Å². The molecule has 0 unspecified atom stereocenters. The van der Waals surface area contributed by atoms with Crippen LogP contribution >= 0.6 is 0 Å². The third kappa shape index (κ3) is 2.97. The van der Waals surface area contributed by atoms with Crippen LogP contribution in [-0.2, 0) is 0 Å². The lowest BCUT2D eigenvalue weighted by atomic mass is 9.90. The molecule has 2 aromatic rings. The molecule has 3 heterocycles. The molecular weight excluding hydrogens is 346 g/mol. The molecule has 1 aliphatic carbocycles. The van der Waals surface area contributed by atoms with Crippen LogP contribution in [-0.4, -0.2) is 47.1 Å². The van der Waals surface area contributed by atoms with Gasteiger partial charge in [-0.05, 0) is 25.0 Å². The number of para-hydroxylation sites is 1. The van der Waals surface area contributed by atoms with E-state index in [0.717, 1.165) is 18.6 Å². The molecular formula is C20H21N3O4. The van der Waals surface area contributed by atoms with Gasteiger partial charge in [-0.3, -0.25) is 9.59 Å². The molecule has 27 heavy (non-hydrogen) atoms. The monoisotopic (exact) mass is 367 g/mol. The normalized spacial score (nSPS) is 21.2. The van der Waals surface area contributed by atoms with E-state index in [1.165, 1.54) is 0 Å². The number of hydrogen-bond donors (Lipinski definition) is 1. The Labute approximate surface area is 156 Å². The minimum absolute atomic E-state index is 0.0986. The number of likely N-dealkylation sites (tertiary alicyclic amines) is 1. The van der Waals surface area contributed by atoms with E-state index in [1.54, 1.807) is 17.0 Å². The fourth-order valence-corrected chi connectivity index (χ4v) is 3.86. The third-order valence-corrected chi connectivity index (χ3v) is 5.72. The van der Waals surface area contributed by atoms with Gasteiger partial charge in [0.15, 0.2) is 5.69 Å². The van der Waals surface area contributed by atoms with Gasteiger partial charge >= 0.3 is 0 Å². The van der Waals surface area contributed by atoms with Crippen LogP contribution in [0.5, 0.6) is 5.75 Å². The zero-order valence-electron chi connectivity index (χ0n) is 14.9. The topological polar surface area (TPSA) is 84.7 Å². The molecule has 0 bridgehead atoms. The van der Waals surface area contributed by atoms with Crippen molar-refractivity contribution in [3.8, 4) is 5.75 Å². The van der Waals surface area contributed by atoms with E-state index in [4.69, 9.17) is 9.26 Å². The highest BCUT2D eigenvalue weighted by atomic mass is 16.5. The number of nitrogens with zero attached hydrogens (tertiary/aromatic N) is 2. The van der Waals surface area contributed by atoms with Crippen molar-refractivity contribution in [3.63, 3.8) is 0 Å². The first-order chi connectivity index (χ1) is 13.1. The number of benzene rings is 1. The number of carbonyl (C=O) groups is 2. The molecule has 1 saturated heterocycles. The quantitative estimate of drug-likeness (QED) is 0.881.